The van der Waals surface area contributed by atoms with Gasteiger partial charge in [-0.1, -0.05) is 15.9 Å². The van der Waals surface area contributed by atoms with Crippen LogP contribution in [0, 0.1) is 5.82 Å². The maximum Gasteiger partial charge on any atom is 0.164 e. The van der Waals surface area contributed by atoms with E-state index in [0.717, 1.165) is 32.3 Å². The minimum Gasteiger partial charge on any atom is -0.378 e. The van der Waals surface area contributed by atoms with Crippen LogP contribution in [0.1, 0.15) is 42.5 Å². The molecule has 1 aromatic rings. The van der Waals surface area contributed by atoms with Gasteiger partial charge in [0.15, 0.2) is 5.78 Å². The first kappa shape index (κ1) is 13.7. The van der Waals surface area contributed by atoms with E-state index in [1.54, 1.807) is 6.07 Å². The molecule has 0 aliphatic carbocycles. The number of hydrogen-bond donors (Lipinski definition) is 0. The smallest absolute Gasteiger partial charge is 0.164 e. The Balaban J connectivity index is 1.85. The van der Waals surface area contributed by atoms with Gasteiger partial charge in [0.2, 0.25) is 0 Å². The Labute approximate surface area is 115 Å². The minimum atomic E-state index is -0.374. The summed E-state index contributed by atoms with van der Waals surface area (Å²) in [6, 6.07) is 4.20. The number of carbonyl (C=O) groups is 1. The summed E-state index contributed by atoms with van der Waals surface area (Å²) in [6.07, 6.45) is 4.69. The predicted molar refractivity (Wildman–Crippen MR) is 71.3 cm³/mol. The van der Waals surface area contributed by atoms with E-state index >= 15 is 0 Å². The Kier molecular flexibility index (Phi) is 4.89. The van der Waals surface area contributed by atoms with Crippen LogP contribution >= 0.6 is 15.9 Å². The summed E-state index contributed by atoms with van der Waals surface area (Å²) in [7, 11) is 0. The molecule has 0 N–H and O–H groups in total. The number of hydrogen-bond acceptors (Lipinski definition) is 2. The quantitative estimate of drug-likeness (QED) is 0.764. The molecule has 0 bridgehead atoms. The predicted octanol–water partition coefficient (Wildman–Crippen LogP) is 4.12. The van der Waals surface area contributed by atoms with E-state index in [0.29, 0.717) is 22.6 Å². The van der Waals surface area contributed by atoms with Gasteiger partial charge in [0.25, 0.3) is 0 Å². The van der Waals surface area contributed by atoms with E-state index in [-0.39, 0.29) is 11.6 Å². The lowest BCUT2D eigenvalue weighted by Crippen LogP contribution is -2.07. The third-order valence-corrected chi connectivity index (χ3v) is 3.87. The van der Waals surface area contributed by atoms with E-state index in [2.05, 4.69) is 15.9 Å². The summed E-state index contributed by atoms with van der Waals surface area (Å²) in [4.78, 5) is 12.0. The number of halogens is 2. The van der Waals surface area contributed by atoms with Crippen molar-refractivity contribution in [1.29, 1.82) is 0 Å². The van der Waals surface area contributed by atoms with E-state index in [4.69, 9.17) is 4.74 Å². The average Bonchev–Trinajstić information content (AvgIpc) is 2.85. The largest absolute Gasteiger partial charge is 0.378 e. The second-order valence-electron chi connectivity index (χ2n) is 4.57. The molecule has 1 aliphatic rings. The number of ketones is 1. The van der Waals surface area contributed by atoms with Crippen molar-refractivity contribution in [1.82, 2.24) is 0 Å². The zero-order chi connectivity index (χ0) is 13.0. The number of ether oxygens (including phenoxy) is 1. The molecule has 0 amide bonds. The Hall–Kier alpha value is -0.740. The van der Waals surface area contributed by atoms with E-state index in [1.165, 1.54) is 12.1 Å². The van der Waals surface area contributed by atoms with Crippen LogP contribution in [0.2, 0.25) is 0 Å². The van der Waals surface area contributed by atoms with Gasteiger partial charge in [-0.3, -0.25) is 4.79 Å². The highest BCUT2D eigenvalue weighted by atomic mass is 79.9. The molecule has 2 nitrogen and oxygen atoms in total. The third-order valence-electron chi connectivity index (χ3n) is 3.18. The van der Waals surface area contributed by atoms with Gasteiger partial charge in [-0.15, -0.1) is 0 Å². The zero-order valence-corrected chi connectivity index (χ0v) is 11.7. The molecule has 1 aromatic carbocycles. The van der Waals surface area contributed by atoms with Crippen LogP contribution < -0.4 is 0 Å². The molecule has 18 heavy (non-hydrogen) atoms. The lowest BCUT2D eigenvalue weighted by Gasteiger charge is -2.08. The fourth-order valence-corrected chi connectivity index (χ4v) is 2.68. The average molecular weight is 315 g/mol. The van der Waals surface area contributed by atoms with Crippen molar-refractivity contribution in [2.24, 2.45) is 0 Å². The number of rotatable bonds is 5. The first-order valence-corrected chi connectivity index (χ1v) is 7.06. The molecular formula is C14H16BrFO2. The maximum atomic E-state index is 13.1. The Bertz CT molecular complexity index is 428. The van der Waals surface area contributed by atoms with Crippen LogP contribution in [0.25, 0.3) is 0 Å². The van der Waals surface area contributed by atoms with E-state index in [9.17, 15) is 9.18 Å². The Morgan fingerprint density at radius 2 is 2.33 bits per heavy atom. The standard InChI is InChI=1S/C14H16BrFO2/c15-13-7-6-10(16)9-12(13)14(17)5-1-3-11-4-2-8-18-11/h6-7,9,11H,1-5,8H2. The van der Waals surface area contributed by atoms with Crippen LogP contribution in [-0.4, -0.2) is 18.5 Å². The summed E-state index contributed by atoms with van der Waals surface area (Å²) >= 11 is 3.28. The summed E-state index contributed by atoms with van der Waals surface area (Å²) < 4.78 is 19.2. The Morgan fingerprint density at radius 1 is 1.50 bits per heavy atom. The van der Waals surface area contributed by atoms with E-state index in [1.807, 2.05) is 0 Å². The highest BCUT2D eigenvalue weighted by Gasteiger charge is 2.16. The molecule has 0 aromatic heterocycles. The SMILES string of the molecule is O=C(CCCC1CCCO1)c1cc(F)ccc1Br. The highest BCUT2D eigenvalue weighted by Crippen LogP contribution is 2.22. The van der Waals surface area contributed by atoms with Gasteiger partial charge in [-0.05, 0) is 43.9 Å². The molecule has 4 heteroatoms. The van der Waals surface area contributed by atoms with Gasteiger partial charge >= 0.3 is 0 Å². The van der Waals surface area contributed by atoms with E-state index < -0.39 is 0 Å². The van der Waals surface area contributed by atoms with Crippen molar-refractivity contribution >= 4 is 21.7 Å². The van der Waals surface area contributed by atoms with Crippen molar-refractivity contribution in [2.45, 2.75) is 38.2 Å². The topological polar surface area (TPSA) is 26.3 Å². The highest BCUT2D eigenvalue weighted by molar-refractivity contribution is 9.10. The van der Waals surface area contributed by atoms with Crippen molar-refractivity contribution in [3.05, 3.63) is 34.1 Å². The van der Waals surface area contributed by atoms with Crippen molar-refractivity contribution in [2.75, 3.05) is 6.61 Å². The molecule has 1 unspecified atom stereocenters. The van der Waals surface area contributed by atoms with Crippen molar-refractivity contribution in [3.63, 3.8) is 0 Å². The van der Waals surface area contributed by atoms with Gasteiger partial charge in [-0.25, -0.2) is 4.39 Å². The second kappa shape index (κ2) is 6.43. The van der Waals surface area contributed by atoms with Crippen molar-refractivity contribution < 1.29 is 13.9 Å². The molecule has 1 heterocycles. The Morgan fingerprint density at radius 3 is 3.06 bits per heavy atom. The van der Waals surface area contributed by atoms with Crippen LogP contribution in [0.15, 0.2) is 22.7 Å². The fourth-order valence-electron chi connectivity index (χ4n) is 2.21. The lowest BCUT2D eigenvalue weighted by molar-refractivity contribution is 0.0922. The molecular weight excluding hydrogens is 299 g/mol. The van der Waals surface area contributed by atoms with Crippen LogP contribution in [0.4, 0.5) is 4.39 Å². The first-order valence-electron chi connectivity index (χ1n) is 6.26. The maximum absolute atomic E-state index is 13.1. The van der Waals surface area contributed by atoms with Gasteiger partial charge in [0.05, 0.1) is 6.10 Å². The molecule has 2 rings (SSSR count). The van der Waals surface area contributed by atoms with Gasteiger partial charge < -0.3 is 4.74 Å². The number of Topliss-reactive ketones (excluding diaryl/α,β-unsaturated/α-hetero) is 1. The van der Waals surface area contributed by atoms with Crippen LogP contribution in [0.3, 0.4) is 0 Å². The molecule has 98 valence electrons. The zero-order valence-electron chi connectivity index (χ0n) is 10.1. The molecule has 0 spiro atoms. The molecule has 0 saturated carbocycles. The summed E-state index contributed by atoms with van der Waals surface area (Å²) in [6.45, 7) is 0.841. The molecule has 1 saturated heterocycles. The van der Waals surface area contributed by atoms with Crippen LogP contribution in [0.5, 0.6) is 0 Å². The second-order valence-corrected chi connectivity index (χ2v) is 5.43. The molecule has 1 atom stereocenters. The molecule has 1 fully saturated rings. The fraction of sp³-hybridized carbons (Fsp3) is 0.500. The molecule has 1 aliphatic heterocycles. The number of carbonyl (C=O) groups excluding carboxylic acids is 1. The van der Waals surface area contributed by atoms with Gasteiger partial charge in [0, 0.05) is 23.1 Å². The first-order chi connectivity index (χ1) is 8.66. The van der Waals surface area contributed by atoms with Gasteiger partial charge in [0.1, 0.15) is 5.82 Å². The minimum absolute atomic E-state index is 0.0145. The van der Waals surface area contributed by atoms with Crippen molar-refractivity contribution in [3.8, 4) is 0 Å². The monoisotopic (exact) mass is 314 g/mol. The van der Waals surface area contributed by atoms with Crippen LogP contribution in [-0.2, 0) is 4.74 Å². The summed E-state index contributed by atoms with van der Waals surface area (Å²) in [5, 5.41) is 0. The lowest BCUT2D eigenvalue weighted by atomic mass is 10.0. The third kappa shape index (κ3) is 3.62. The normalized spacial score (nSPS) is 19.1. The summed E-state index contributed by atoms with van der Waals surface area (Å²) in [5.41, 5.74) is 0.433. The summed E-state index contributed by atoms with van der Waals surface area (Å²) in [5.74, 6) is -0.389. The van der Waals surface area contributed by atoms with Gasteiger partial charge in [-0.2, -0.15) is 0 Å². The molecule has 0 radical (unpaired) electrons. The number of benzene rings is 1.